The van der Waals surface area contributed by atoms with Crippen LogP contribution in [0.25, 0.3) is 0 Å². The number of nitrogens with two attached hydrogens (primary N) is 1. The topological polar surface area (TPSA) is 58.4 Å². The van der Waals surface area contributed by atoms with Crippen LogP contribution in [0.5, 0.6) is 0 Å². The van der Waals surface area contributed by atoms with Crippen molar-refractivity contribution in [2.24, 2.45) is 5.73 Å². The van der Waals surface area contributed by atoms with Gasteiger partial charge in [0, 0.05) is 18.8 Å². The molecule has 0 aliphatic heterocycles. The highest BCUT2D eigenvalue weighted by molar-refractivity contribution is 5.81. The fourth-order valence-electron chi connectivity index (χ4n) is 1.68. The van der Waals surface area contributed by atoms with Gasteiger partial charge in [0.1, 0.15) is 5.82 Å². The van der Waals surface area contributed by atoms with E-state index < -0.39 is 0 Å². The number of benzene rings is 1. The Morgan fingerprint density at radius 1 is 1.50 bits per heavy atom. The highest BCUT2D eigenvalue weighted by Crippen LogP contribution is 2.15. The van der Waals surface area contributed by atoms with Crippen molar-refractivity contribution < 1.29 is 9.18 Å². The van der Waals surface area contributed by atoms with Crippen molar-refractivity contribution in [3.63, 3.8) is 0 Å². The number of amides is 1. The summed E-state index contributed by atoms with van der Waals surface area (Å²) in [5.41, 5.74) is 6.18. The summed E-state index contributed by atoms with van der Waals surface area (Å²) >= 11 is 0. The molecule has 0 saturated carbocycles. The molecule has 3 N–H and O–H groups in total. The number of hydrogen-bond donors (Lipinski definition) is 2. The number of rotatable bonds is 7. The minimum atomic E-state index is -0.304. The molecule has 0 aliphatic rings. The summed E-state index contributed by atoms with van der Waals surface area (Å²) in [5, 5.41) is 2.73. The van der Waals surface area contributed by atoms with Crippen molar-refractivity contribution in [2.45, 2.75) is 13.3 Å². The van der Waals surface area contributed by atoms with Gasteiger partial charge in [-0.1, -0.05) is 6.07 Å². The van der Waals surface area contributed by atoms with Gasteiger partial charge in [0.25, 0.3) is 0 Å². The number of nitrogens with one attached hydrogen (secondary N) is 1. The van der Waals surface area contributed by atoms with Gasteiger partial charge in [-0.3, -0.25) is 4.79 Å². The summed E-state index contributed by atoms with van der Waals surface area (Å²) in [6.07, 6.45) is 0.760. The van der Waals surface area contributed by atoms with Crippen molar-refractivity contribution >= 4 is 11.6 Å². The minimum Gasteiger partial charge on any atom is -0.362 e. The Morgan fingerprint density at radius 2 is 2.28 bits per heavy atom. The average molecular weight is 253 g/mol. The number of likely N-dealkylation sites (N-methyl/N-ethyl adjacent to an activating group) is 1. The van der Waals surface area contributed by atoms with E-state index in [2.05, 4.69) is 5.32 Å². The van der Waals surface area contributed by atoms with Crippen molar-refractivity contribution in [1.29, 1.82) is 0 Å². The minimum absolute atomic E-state index is 0.0706. The van der Waals surface area contributed by atoms with E-state index in [9.17, 15) is 9.18 Å². The van der Waals surface area contributed by atoms with Crippen LogP contribution in [0, 0.1) is 5.82 Å². The van der Waals surface area contributed by atoms with Crippen molar-refractivity contribution in [2.75, 3.05) is 31.1 Å². The Morgan fingerprint density at radius 3 is 2.89 bits per heavy atom. The smallest absolute Gasteiger partial charge is 0.239 e. The van der Waals surface area contributed by atoms with E-state index in [1.54, 1.807) is 12.1 Å². The van der Waals surface area contributed by atoms with Crippen LogP contribution in [-0.2, 0) is 4.79 Å². The maximum absolute atomic E-state index is 13.2. The van der Waals surface area contributed by atoms with E-state index in [0.717, 1.165) is 6.42 Å². The van der Waals surface area contributed by atoms with Gasteiger partial charge in [0.15, 0.2) is 0 Å². The Hall–Kier alpha value is -1.62. The zero-order valence-electron chi connectivity index (χ0n) is 10.7. The van der Waals surface area contributed by atoms with Crippen LogP contribution >= 0.6 is 0 Å². The highest BCUT2D eigenvalue weighted by atomic mass is 19.1. The lowest BCUT2D eigenvalue weighted by atomic mass is 10.2. The molecular weight excluding hydrogens is 233 g/mol. The first kappa shape index (κ1) is 14.4. The summed E-state index contributed by atoms with van der Waals surface area (Å²) in [4.78, 5) is 13.4. The summed E-state index contributed by atoms with van der Waals surface area (Å²) < 4.78 is 13.2. The molecule has 5 heteroatoms. The lowest BCUT2D eigenvalue weighted by Crippen LogP contribution is -2.38. The zero-order valence-corrected chi connectivity index (χ0v) is 10.7. The molecule has 100 valence electrons. The summed E-state index contributed by atoms with van der Waals surface area (Å²) in [7, 11) is 0. The molecule has 1 rings (SSSR count). The van der Waals surface area contributed by atoms with Gasteiger partial charge in [-0.25, -0.2) is 4.39 Å². The fourth-order valence-corrected chi connectivity index (χ4v) is 1.68. The molecule has 18 heavy (non-hydrogen) atoms. The Kier molecular flexibility index (Phi) is 6.14. The molecule has 0 fully saturated rings. The number of anilines is 1. The third-order valence-corrected chi connectivity index (χ3v) is 2.51. The number of carbonyl (C=O) groups excluding carboxylic acids is 1. The number of hydrogen-bond acceptors (Lipinski definition) is 3. The maximum atomic E-state index is 13.2. The second kappa shape index (κ2) is 7.66. The van der Waals surface area contributed by atoms with E-state index in [1.165, 1.54) is 12.1 Å². The first-order valence-corrected chi connectivity index (χ1v) is 6.14. The largest absolute Gasteiger partial charge is 0.362 e. The maximum Gasteiger partial charge on any atom is 0.239 e. The third kappa shape index (κ3) is 4.71. The fraction of sp³-hybridized carbons (Fsp3) is 0.462. The molecule has 0 aromatic heterocycles. The molecule has 0 spiro atoms. The summed E-state index contributed by atoms with van der Waals surface area (Å²) in [5.74, 6) is -0.375. The van der Waals surface area contributed by atoms with Crippen LogP contribution in [0.2, 0.25) is 0 Å². The SMILES string of the molecule is CCNC(=O)CN(CCCN)c1cccc(F)c1. The molecule has 0 saturated heterocycles. The number of halogens is 1. The number of nitrogens with zero attached hydrogens (tertiary/aromatic N) is 1. The normalized spacial score (nSPS) is 10.2. The second-order valence-electron chi connectivity index (χ2n) is 4.00. The molecule has 0 heterocycles. The van der Waals surface area contributed by atoms with Gasteiger partial charge in [-0.05, 0) is 38.1 Å². The standard InChI is InChI=1S/C13H20FN3O/c1-2-16-13(18)10-17(8-4-7-15)12-6-3-5-11(14)9-12/h3,5-6,9H,2,4,7-8,10,15H2,1H3,(H,16,18). The van der Waals surface area contributed by atoms with Crippen molar-refractivity contribution in [3.8, 4) is 0 Å². The second-order valence-corrected chi connectivity index (χ2v) is 4.00. The van der Waals surface area contributed by atoms with Crippen LogP contribution in [0.15, 0.2) is 24.3 Å². The Balaban J connectivity index is 2.74. The van der Waals surface area contributed by atoms with Gasteiger partial charge >= 0.3 is 0 Å². The Bertz CT molecular complexity index is 384. The lowest BCUT2D eigenvalue weighted by Gasteiger charge is -2.24. The molecular formula is C13H20FN3O. The first-order chi connectivity index (χ1) is 8.67. The predicted molar refractivity (Wildman–Crippen MR) is 71.0 cm³/mol. The van der Waals surface area contributed by atoms with Crippen LogP contribution in [0.3, 0.4) is 0 Å². The molecule has 0 radical (unpaired) electrons. The van der Waals surface area contributed by atoms with E-state index >= 15 is 0 Å². The van der Waals surface area contributed by atoms with E-state index in [1.807, 2.05) is 11.8 Å². The molecule has 0 unspecified atom stereocenters. The van der Waals surface area contributed by atoms with Gasteiger partial charge in [-0.2, -0.15) is 0 Å². The molecule has 4 nitrogen and oxygen atoms in total. The van der Waals surface area contributed by atoms with Gasteiger partial charge in [0.05, 0.1) is 6.54 Å². The average Bonchev–Trinajstić information content (AvgIpc) is 2.34. The quantitative estimate of drug-likeness (QED) is 0.765. The van der Waals surface area contributed by atoms with Crippen LogP contribution in [0.4, 0.5) is 10.1 Å². The molecule has 0 aliphatic carbocycles. The highest BCUT2D eigenvalue weighted by Gasteiger charge is 2.11. The Labute approximate surface area is 107 Å². The van der Waals surface area contributed by atoms with Gasteiger partial charge in [0.2, 0.25) is 5.91 Å². The van der Waals surface area contributed by atoms with E-state index in [0.29, 0.717) is 25.3 Å². The van der Waals surface area contributed by atoms with E-state index in [4.69, 9.17) is 5.73 Å². The van der Waals surface area contributed by atoms with Gasteiger partial charge < -0.3 is 16.0 Å². The van der Waals surface area contributed by atoms with Crippen molar-refractivity contribution in [1.82, 2.24) is 5.32 Å². The molecule has 1 aromatic rings. The summed E-state index contributed by atoms with van der Waals surface area (Å²) in [6, 6.07) is 6.24. The summed E-state index contributed by atoms with van der Waals surface area (Å²) in [6.45, 7) is 3.85. The van der Waals surface area contributed by atoms with Crippen LogP contribution in [0.1, 0.15) is 13.3 Å². The van der Waals surface area contributed by atoms with E-state index in [-0.39, 0.29) is 18.3 Å². The number of carbonyl (C=O) groups is 1. The molecule has 1 aromatic carbocycles. The van der Waals surface area contributed by atoms with Gasteiger partial charge in [-0.15, -0.1) is 0 Å². The van der Waals surface area contributed by atoms with Crippen LogP contribution in [-0.4, -0.2) is 32.1 Å². The van der Waals surface area contributed by atoms with Crippen molar-refractivity contribution in [3.05, 3.63) is 30.1 Å². The monoisotopic (exact) mass is 253 g/mol. The lowest BCUT2D eigenvalue weighted by molar-refractivity contribution is -0.119. The first-order valence-electron chi connectivity index (χ1n) is 6.14. The predicted octanol–water partition coefficient (Wildman–Crippen LogP) is 1.12. The zero-order chi connectivity index (χ0) is 13.4. The molecule has 0 atom stereocenters. The van der Waals surface area contributed by atoms with Crippen LogP contribution < -0.4 is 16.0 Å². The third-order valence-electron chi connectivity index (χ3n) is 2.51. The molecule has 0 bridgehead atoms. The molecule has 1 amide bonds.